The van der Waals surface area contributed by atoms with Crippen LogP contribution in [0.4, 0.5) is 0 Å². The summed E-state index contributed by atoms with van der Waals surface area (Å²) in [5.41, 5.74) is 0.791. The molecule has 0 saturated heterocycles. The number of amides is 1. The molecule has 0 bridgehead atoms. The summed E-state index contributed by atoms with van der Waals surface area (Å²) in [5, 5.41) is 2.25. The first-order chi connectivity index (χ1) is 5.24. The number of aryl methyl sites for hydroxylation is 1. The molecule has 0 unspecified atom stereocenters. The lowest BCUT2D eigenvalue weighted by Gasteiger charge is -1.92. The molecular formula is C7H6N2O2. The summed E-state index contributed by atoms with van der Waals surface area (Å²) in [7, 11) is 0. The van der Waals surface area contributed by atoms with E-state index in [9.17, 15) is 9.70 Å². The Morgan fingerprint density at radius 2 is 2.27 bits per heavy atom. The van der Waals surface area contributed by atoms with Gasteiger partial charge in [-0.1, -0.05) is 6.07 Å². The average Bonchev–Trinajstić information content (AvgIpc) is 2.03. The Bertz CT molecular complexity index is 296. The topological polar surface area (TPSA) is 59.4 Å². The zero-order valence-electron chi connectivity index (χ0n) is 5.94. The van der Waals surface area contributed by atoms with E-state index in [0.717, 1.165) is 0 Å². The van der Waals surface area contributed by atoms with Crippen molar-refractivity contribution in [2.75, 3.05) is 0 Å². The molecule has 1 heterocycles. The number of hydrogen-bond donors (Lipinski definition) is 0. The number of carbonyl (C=O) groups is 1. The maximum absolute atomic E-state index is 10.6. The Kier molecular flexibility index (Phi) is 2.06. The highest BCUT2D eigenvalue weighted by Gasteiger charge is 2.05. The first kappa shape index (κ1) is 7.53. The number of rotatable bonds is 1. The molecule has 0 radical (unpaired) electrons. The van der Waals surface area contributed by atoms with Gasteiger partial charge in [0.1, 0.15) is 5.69 Å². The van der Waals surface area contributed by atoms with Crippen LogP contribution in [0.15, 0.2) is 23.4 Å². The van der Waals surface area contributed by atoms with Crippen LogP contribution in [0.2, 0.25) is 0 Å². The van der Waals surface area contributed by atoms with Gasteiger partial charge in [-0.3, -0.25) is 4.79 Å². The van der Waals surface area contributed by atoms with Crippen LogP contribution in [-0.4, -0.2) is 10.9 Å². The van der Waals surface area contributed by atoms with Crippen molar-refractivity contribution in [2.45, 2.75) is 6.92 Å². The Hall–Kier alpha value is -1.58. The largest absolute Gasteiger partial charge is 0.334 e. The van der Waals surface area contributed by atoms with Gasteiger partial charge in [0.15, 0.2) is 0 Å². The van der Waals surface area contributed by atoms with Gasteiger partial charge in [-0.15, -0.1) is 4.91 Å². The highest BCUT2D eigenvalue weighted by Crippen LogP contribution is 1.99. The summed E-state index contributed by atoms with van der Waals surface area (Å²) in [4.78, 5) is 24.2. The van der Waals surface area contributed by atoms with E-state index in [4.69, 9.17) is 0 Å². The molecule has 1 amide bonds. The standard InChI is InChI=1S/C7H6N2O2/c1-5-3-2-4-6(8-5)7(10)9-11/h2-4H,1H3. The molecule has 0 spiro atoms. The number of pyridine rings is 1. The summed E-state index contributed by atoms with van der Waals surface area (Å²) in [6.07, 6.45) is 0. The first-order valence-electron chi connectivity index (χ1n) is 3.05. The smallest absolute Gasteiger partial charge is 0.261 e. The van der Waals surface area contributed by atoms with Crippen LogP contribution in [0.25, 0.3) is 0 Å². The summed E-state index contributed by atoms with van der Waals surface area (Å²) in [6.45, 7) is 1.74. The minimum atomic E-state index is -0.825. The van der Waals surface area contributed by atoms with Crippen LogP contribution < -0.4 is 0 Å². The van der Waals surface area contributed by atoms with Crippen molar-refractivity contribution >= 4 is 5.91 Å². The zero-order chi connectivity index (χ0) is 8.27. The van der Waals surface area contributed by atoms with E-state index in [1.54, 1.807) is 19.1 Å². The van der Waals surface area contributed by atoms with Crippen LogP contribution >= 0.6 is 0 Å². The summed E-state index contributed by atoms with van der Waals surface area (Å²) >= 11 is 0. The van der Waals surface area contributed by atoms with E-state index >= 15 is 0 Å². The van der Waals surface area contributed by atoms with E-state index in [1.165, 1.54) is 6.07 Å². The first-order valence-corrected chi connectivity index (χ1v) is 3.05. The molecule has 4 heteroatoms. The number of nitrogens with zero attached hydrogens (tertiary/aromatic N) is 2. The minimum absolute atomic E-state index is 0.0972. The lowest BCUT2D eigenvalue weighted by Crippen LogP contribution is -1.97. The Labute approximate surface area is 63.2 Å². The van der Waals surface area contributed by atoms with Crippen LogP contribution in [-0.2, 0) is 0 Å². The molecule has 56 valence electrons. The number of carbonyl (C=O) groups excluding carboxylic acids is 1. The van der Waals surface area contributed by atoms with E-state index < -0.39 is 5.91 Å². The molecule has 1 aromatic rings. The third kappa shape index (κ3) is 1.67. The second-order valence-electron chi connectivity index (χ2n) is 2.06. The van der Waals surface area contributed by atoms with Gasteiger partial charge in [-0.05, 0) is 19.1 Å². The Morgan fingerprint density at radius 3 is 2.82 bits per heavy atom. The predicted molar refractivity (Wildman–Crippen MR) is 39.1 cm³/mol. The number of aromatic nitrogens is 1. The summed E-state index contributed by atoms with van der Waals surface area (Å²) < 4.78 is 0. The number of hydrogen-bond acceptors (Lipinski definition) is 3. The fourth-order valence-electron chi connectivity index (χ4n) is 0.709. The highest BCUT2D eigenvalue weighted by molar-refractivity contribution is 5.92. The lowest BCUT2D eigenvalue weighted by atomic mass is 10.3. The monoisotopic (exact) mass is 150 g/mol. The van der Waals surface area contributed by atoms with Gasteiger partial charge in [0, 0.05) is 10.9 Å². The number of nitroso groups, excluding NO2 is 1. The summed E-state index contributed by atoms with van der Waals surface area (Å²) in [5.74, 6) is -0.825. The molecule has 1 aromatic heterocycles. The van der Waals surface area contributed by atoms with Gasteiger partial charge in [0.25, 0.3) is 0 Å². The van der Waals surface area contributed by atoms with Crippen molar-refractivity contribution in [1.82, 2.24) is 4.98 Å². The summed E-state index contributed by atoms with van der Waals surface area (Å²) in [6, 6.07) is 4.85. The Balaban J connectivity index is 3.05. The highest BCUT2D eigenvalue weighted by atomic mass is 16.3. The van der Waals surface area contributed by atoms with Crippen molar-refractivity contribution in [2.24, 2.45) is 5.18 Å². The molecule has 0 aliphatic carbocycles. The molecule has 0 fully saturated rings. The molecule has 4 nitrogen and oxygen atoms in total. The maximum Gasteiger partial charge on any atom is 0.334 e. The molecule has 1 rings (SSSR count). The van der Waals surface area contributed by atoms with Gasteiger partial charge in [0.05, 0.1) is 0 Å². The average molecular weight is 150 g/mol. The Morgan fingerprint density at radius 1 is 1.55 bits per heavy atom. The van der Waals surface area contributed by atoms with Crippen molar-refractivity contribution in [3.8, 4) is 0 Å². The van der Waals surface area contributed by atoms with Crippen LogP contribution in [0.1, 0.15) is 16.2 Å². The van der Waals surface area contributed by atoms with Crippen LogP contribution in [0.3, 0.4) is 0 Å². The van der Waals surface area contributed by atoms with Gasteiger partial charge < -0.3 is 0 Å². The second-order valence-corrected chi connectivity index (χ2v) is 2.06. The third-order valence-electron chi connectivity index (χ3n) is 1.19. The molecule has 0 aliphatic heterocycles. The predicted octanol–water partition coefficient (Wildman–Crippen LogP) is 1.30. The van der Waals surface area contributed by atoms with Crippen molar-refractivity contribution in [1.29, 1.82) is 0 Å². The van der Waals surface area contributed by atoms with Crippen molar-refractivity contribution < 1.29 is 4.79 Å². The normalized spacial score (nSPS) is 9.18. The third-order valence-corrected chi connectivity index (χ3v) is 1.19. The SMILES string of the molecule is Cc1cccc(C(=O)N=O)n1. The van der Waals surface area contributed by atoms with Crippen molar-refractivity contribution in [3.63, 3.8) is 0 Å². The van der Waals surface area contributed by atoms with Crippen LogP contribution in [0.5, 0.6) is 0 Å². The fraction of sp³-hybridized carbons (Fsp3) is 0.143. The van der Waals surface area contributed by atoms with Gasteiger partial charge in [0.2, 0.25) is 0 Å². The quantitative estimate of drug-likeness (QED) is 0.567. The van der Waals surface area contributed by atoms with Crippen molar-refractivity contribution in [3.05, 3.63) is 34.5 Å². The molecule has 0 saturated carbocycles. The lowest BCUT2D eigenvalue weighted by molar-refractivity contribution is 0.0996. The molecule has 0 N–H and O–H groups in total. The second kappa shape index (κ2) is 3.01. The van der Waals surface area contributed by atoms with E-state index in [0.29, 0.717) is 5.69 Å². The molecule has 0 aliphatic rings. The fourth-order valence-corrected chi connectivity index (χ4v) is 0.709. The van der Waals surface area contributed by atoms with Gasteiger partial charge >= 0.3 is 5.91 Å². The van der Waals surface area contributed by atoms with Gasteiger partial charge in [-0.2, -0.15) is 0 Å². The molecule has 0 atom stereocenters. The molecule has 0 aromatic carbocycles. The zero-order valence-corrected chi connectivity index (χ0v) is 5.94. The molecule has 11 heavy (non-hydrogen) atoms. The van der Waals surface area contributed by atoms with Gasteiger partial charge in [-0.25, -0.2) is 4.98 Å². The molecular weight excluding hydrogens is 144 g/mol. The van der Waals surface area contributed by atoms with E-state index in [-0.39, 0.29) is 5.69 Å². The minimum Gasteiger partial charge on any atom is -0.261 e. The van der Waals surface area contributed by atoms with Crippen LogP contribution in [0, 0.1) is 11.8 Å². The maximum atomic E-state index is 10.6. The van der Waals surface area contributed by atoms with E-state index in [2.05, 4.69) is 10.2 Å². The van der Waals surface area contributed by atoms with E-state index in [1.807, 2.05) is 0 Å².